The number of carbonyl (C=O) groups excluding carboxylic acids is 2. The van der Waals surface area contributed by atoms with Crippen LogP contribution < -0.4 is 4.74 Å². The zero-order valence-corrected chi connectivity index (χ0v) is 17.5. The van der Waals surface area contributed by atoms with Crippen molar-refractivity contribution in [1.29, 1.82) is 0 Å². The van der Waals surface area contributed by atoms with Gasteiger partial charge in [-0.05, 0) is 48.1 Å². The molecule has 0 aliphatic rings. The summed E-state index contributed by atoms with van der Waals surface area (Å²) in [5.41, 5.74) is 2.28. The molecule has 0 unspecified atom stereocenters. The fourth-order valence-corrected chi connectivity index (χ4v) is 3.41. The van der Waals surface area contributed by atoms with Gasteiger partial charge in [-0.3, -0.25) is 9.69 Å². The minimum atomic E-state index is -0.415. The molecule has 142 valence electrons. The second-order valence-corrected chi connectivity index (χ2v) is 6.81. The van der Waals surface area contributed by atoms with Crippen molar-refractivity contribution in [3.05, 3.63) is 27.9 Å². The van der Waals surface area contributed by atoms with E-state index in [-0.39, 0.29) is 5.97 Å². The number of aromatic nitrogens is 1. The van der Waals surface area contributed by atoms with Crippen LogP contribution in [0.4, 0.5) is 0 Å². The van der Waals surface area contributed by atoms with E-state index in [1.807, 2.05) is 17.7 Å². The molecule has 0 N–H and O–H groups in total. The van der Waals surface area contributed by atoms with Crippen LogP contribution in [0, 0.1) is 0 Å². The Kier molecular flexibility index (Phi) is 6.83. The second-order valence-electron chi connectivity index (χ2n) is 5.96. The number of esters is 2. The van der Waals surface area contributed by atoms with Crippen LogP contribution in [0.2, 0.25) is 0 Å². The number of carbonyl (C=O) groups is 2. The lowest BCUT2D eigenvalue weighted by molar-refractivity contribution is -0.131. The highest BCUT2D eigenvalue weighted by atomic mass is 79.9. The summed E-state index contributed by atoms with van der Waals surface area (Å²) >= 11 is 3.44. The van der Waals surface area contributed by atoms with E-state index in [0.717, 1.165) is 24.3 Å². The average molecular weight is 425 g/mol. The average Bonchev–Trinajstić information content (AvgIpc) is 2.84. The number of fused-ring (bicyclic) bond motifs is 1. The Hall–Kier alpha value is -1.86. The molecule has 0 bridgehead atoms. The summed E-state index contributed by atoms with van der Waals surface area (Å²) < 4.78 is 13.2. The first-order valence-electron chi connectivity index (χ1n) is 8.72. The molecule has 7 heteroatoms. The number of ether oxygens (including phenoxy) is 2. The number of rotatable bonds is 7. The van der Waals surface area contributed by atoms with Crippen molar-refractivity contribution in [2.75, 3.05) is 19.7 Å². The Morgan fingerprint density at radius 1 is 1.19 bits per heavy atom. The van der Waals surface area contributed by atoms with Crippen molar-refractivity contribution in [1.82, 2.24) is 9.47 Å². The van der Waals surface area contributed by atoms with Gasteiger partial charge in [-0.25, -0.2) is 4.79 Å². The molecule has 0 saturated carbocycles. The van der Waals surface area contributed by atoms with Gasteiger partial charge in [0.2, 0.25) is 0 Å². The molecular weight excluding hydrogens is 400 g/mol. The topological polar surface area (TPSA) is 60.8 Å². The minimum Gasteiger partial charge on any atom is -0.462 e. The van der Waals surface area contributed by atoms with Gasteiger partial charge in [0.15, 0.2) is 0 Å². The van der Waals surface area contributed by atoms with Crippen molar-refractivity contribution in [3.8, 4) is 5.75 Å². The molecule has 26 heavy (non-hydrogen) atoms. The highest BCUT2D eigenvalue weighted by Crippen LogP contribution is 2.35. The van der Waals surface area contributed by atoms with Crippen LogP contribution in [0.25, 0.3) is 10.9 Å². The minimum absolute atomic E-state index is 0.299. The number of hydrogen-bond donors (Lipinski definition) is 0. The Bertz CT molecular complexity index is 825. The smallest absolute Gasteiger partial charge is 0.340 e. The zero-order valence-electron chi connectivity index (χ0n) is 15.9. The van der Waals surface area contributed by atoms with E-state index in [4.69, 9.17) is 9.47 Å². The molecule has 0 aliphatic carbocycles. The van der Waals surface area contributed by atoms with Crippen LogP contribution in [-0.4, -0.2) is 41.1 Å². The first-order valence-corrected chi connectivity index (χ1v) is 9.51. The molecular formula is C19H25BrN2O4. The first-order chi connectivity index (χ1) is 12.3. The van der Waals surface area contributed by atoms with Crippen LogP contribution in [0.3, 0.4) is 0 Å². The third-order valence-corrected chi connectivity index (χ3v) is 5.00. The molecule has 0 amide bonds. The molecule has 1 heterocycles. The van der Waals surface area contributed by atoms with Gasteiger partial charge in [0.05, 0.1) is 22.2 Å². The Labute approximate surface area is 162 Å². The third-order valence-electron chi connectivity index (χ3n) is 4.38. The van der Waals surface area contributed by atoms with E-state index in [2.05, 4.69) is 34.7 Å². The number of hydrogen-bond acceptors (Lipinski definition) is 5. The monoisotopic (exact) mass is 424 g/mol. The van der Waals surface area contributed by atoms with Crippen LogP contribution in [0.15, 0.2) is 16.6 Å². The Morgan fingerprint density at radius 2 is 1.85 bits per heavy atom. The molecule has 0 spiro atoms. The van der Waals surface area contributed by atoms with Crippen LogP contribution in [0.5, 0.6) is 5.75 Å². The van der Waals surface area contributed by atoms with Gasteiger partial charge in [0.25, 0.3) is 0 Å². The quantitative estimate of drug-likeness (QED) is 0.498. The number of benzene rings is 1. The molecule has 6 nitrogen and oxygen atoms in total. The fraction of sp³-hybridized carbons (Fsp3) is 0.474. The van der Waals surface area contributed by atoms with E-state index >= 15 is 0 Å². The van der Waals surface area contributed by atoms with Gasteiger partial charge in [-0.2, -0.15) is 0 Å². The summed E-state index contributed by atoms with van der Waals surface area (Å²) in [4.78, 5) is 26.3. The van der Waals surface area contributed by atoms with Crippen LogP contribution in [0.1, 0.15) is 43.7 Å². The van der Waals surface area contributed by atoms with Gasteiger partial charge in [0.1, 0.15) is 5.75 Å². The van der Waals surface area contributed by atoms with Gasteiger partial charge >= 0.3 is 11.9 Å². The predicted octanol–water partition coefficient (Wildman–Crippen LogP) is 3.88. The molecule has 1 aromatic heterocycles. The largest absolute Gasteiger partial charge is 0.462 e. The van der Waals surface area contributed by atoms with E-state index in [1.165, 1.54) is 6.92 Å². The lowest BCUT2D eigenvalue weighted by Crippen LogP contribution is -2.25. The van der Waals surface area contributed by atoms with E-state index in [0.29, 0.717) is 34.3 Å². The molecule has 0 aliphatic heterocycles. The lowest BCUT2D eigenvalue weighted by atomic mass is 10.1. The van der Waals surface area contributed by atoms with Crippen molar-refractivity contribution in [3.63, 3.8) is 0 Å². The van der Waals surface area contributed by atoms with Crippen molar-refractivity contribution in [2.24, 2.45) is 7.05 Å². The standard InChI is InChI=1S/C19H25BrN2O4/c1-6-22(7-2)11-16-18(19(24)25-8-3)13-9-17(26-12(4)23)14(20)10-15(13)21(16)5/h9-10H,6-8,11H2,1-5H3. The maximum absolute atomic E-state index is 12.7. The molecule has 1 aromatic carbocycles. The van der Waals surface area contributed by atoms with Crippen LogP contribution >= 0.6 is 15.9 Å². The van der Waals surface area contributed by atoms with Crippen molar-refractivity contribution < 1.29 is 19.1 Å². The highest BCUT2D eigenvalue weighted by Gasteiger charge is 2.25. The van der Waals surface area contributed by atoms with E-state index in [9.17, 15) is 9.59 Å². The summed E-state index contributed by atoms with van der Waals surface area (Å²) in [6.45, 7) is 10.00. The molecule has 0 atom stereocenters. The van der Waals surface area contributed by atoms with Crippen LogP contribution in [-0.2, 0) is 23.1 Å². The van der Waals surface area contributed by atoms with Crippen molar-refractivity contribution >= 4 is 38.8 Å². The number of nitrogens with zero attached hydrogens (tertiary/aromatic N) is 2. The van der Waals surface area contributed by atoms with E-state index in [1.54, 1.807) is 13.0 Å². The molecule has 0 fully saturated rings. The molecule has 0 radical (unpaired) electrons. The van der Waals surface area contributed by atoms with E-state index < -0.39 is 5.97 Å². The predicted molar refractivity (Wildman–Crippen MR) is 105 cm³/mol. The summed E-state index contributed by atoms with van der Waals surface area (Å²) in [7, 11) is 1.93. The third kappa shape index (κ3) is 4.10. The van der Waals surface area contributed by atoms with Gasteiger partial charge in [-0.1, -0.05) is 13.8 Å². The van der Waals surface area contributed by atoms with Gasteiger partial charge in [-0.15, -0.1) is 0 Å². The summed E-state index contributed by atoms with van der Waals surface area (Å²) in [5.74, 6) is -0.395. The maximum atomic E-state index is 12.7. The number of aryl methyl sites for hydroxylation is 1. The van der Waals surface area contributed by atoms with Crippen molar-refractivity contribution in [2.45, 2.75) is 34.2 Å². The summed E-state index contributed by atoms with van der Waals surface area (Å²) in [6, 6.07) is 3.58. The van der Waals surface area contributed by atoms with Gasteiger partial charge in [0, 0.05) is 31.6 Å². The Balaban J connectivity index is 2.71. The maximum Gasteiger partial charge on any atom is 0.340 e. The zero-order chi connectivity index (χ0) is 19.4. The Morgan fingerprint density at radius 3 is 2.38 bits per heavy atom. The first kappa shape index (κ1) is 20.5. The normalized spacial score (nSPS) is 11.2. The summed E-state index contributed by atoms with van der Waals surface area (Å²) in [6.07, 6.45) is 0. The number of halogens is 1. The summed E-state index contributed by atoms with van der Waals surface area (Å²) in [5, 5.41) is 0.715. The SMILES string of the molecule is CCOC(=O)c1c(CN(CC)CC)n(C)c2cc(Br)c(OC(C)=O)cc12. The second kappa shape index (κ2) is 8.68. The molecule has 0 saturated heterocycles. The fourth-order valence-electron chi connectivity index (χ4n) is 3.00. The molecule has 2 rings (SSSR count). The van der Waals surface area contributed by atoms with Gasteiger partial charge < -0.3 is 14.0 Å². The molecule has 2 aromatic rings. The highest BCUT2D eigenvalue weighted by molar-refractivity contribution is 9.10. The lowest BCUT2D eigenvalue weighted by Gasteiger charge is -2.19.